The summed E-state index contributed by atoms with van der Waals surface area (Å²) in [6.45, 7) is 5.02. The molecule has 206 valence electrons. The molecule has 0 spiro atoms. The van der Waals surface area contributed by atoms with Crippen LogP contribution in [-0.2, 0) is 78.1 Å². The van der Waals surface area contributed by atoms with Crippen LogP contribution in [0.25, 0.3) is 0 Å². The molecular weight excluding hydrogens is 557 g/mol. The molecule has 6 saturated carbocycles. The van der Waals surface area contributed by atoms with Crippen LogP contribution in [0.4, 0.5) is 0 Å². The Kier molecular flexibility index (Phi) is 11.0. The topological polar surface area (TPSA) is 116 Å². The highest BCUT2D eigenvalue weighted by molar-refractivity contribution is 8.07. The molecule has 12 unspecified atom stereocenters. The molecule has 0 amide bonds. The molecule has 0 heterocycles. The highest BCUT2D eigenvalue weighted by Crippen LogP contribution is 2.58. The molecule has 0 aromatic heterocycles. The van der Waals surface area contributed by atoms with Gasteiger partial charge in [0, 0.05) is 88.7 Å². The van der Waals surface area contributed by atoms with E-state index in [4.69, 9.17) is 14.2 Å². The molecule has 0 aliphatic heterocycles. The summed E-state index contributed by atoms with van der Waals surface area (Å²) >= 11 is 14.7. The summed E-state index contributed by atoms with van der Waals surface area (Å²) in [5.41, 5.74) is 0. The second-order valence-corrected chi connectivity index (χ2v) is 10.5. The third-order valence-corrected chi connectivity index (χ3v) is 9.25. The third kappa shape index (κ3) is 5.17. The van der Waals surface area contributed by atoms with Crippen LogP contribution in [0.1, 0.15) is 39.5 Å². The van der Waals surface area contributed by atoms with E-state index in [1.807, 2.05) is 13.8 Å². The summed E-state index contributed by atoms with van der Waals surface area (Å²) in [4.78, 5) is 47.2. The zero-order chi connectivity index (χ0) is 27.6. The maximum atomic E-state index is 11.9. The average Bonchev–Trinajstić information content (AvgIpc) is 3.71. The molecule has 6 aliphatic carbocycles. The summed E-state index contributed by atoms with van der Waals surface area (Å²) in [5.74, 6) is 0.298. The molecule has 0 saturated heterocycles. The van der Waals surface area contributed by atoms with Gasteiger partial charge in [0.15, 0.2) is 0 Å². The molecule has 37 heavy (non-hydrogen) atoms. The number of hydrogen-bond acceptors (Lipinski definition) is 12. The number of ketones is 4. The van der Waals surface area contributed by atoms with E-state index in [2.05, 4.69) is 44.8 Å². The van der Waals surface area contributed by atoms with Gasteiger partial charge in [0.2, 0.25) is 0 Å². The van der Waals surface area contributed by atoms with Gasteiger partial charge in [-0.2, -0.15) is 0 Å². The minimum absolute atomic E-state index is 0.00366. The van der Waals surface area contributed by atoms with Crippen LogP contribution in [0.5, 0.6) is 0 Å². The fourth-order valence-corrected chi connectivity index (χ4v) is 8.34. The Morgan fingerprint density at radius 2 is 1.00 bits per heavy atom. The summed E-state index contributed by atoms with van der Waals surface area (Å²) < 4.78 is 16.8. The molecule has 0 radical (unpaired) electrons. The second kappa shape index (κ2) is 13.2. The first-order chi connectivity index (χ1) is 17.8. The quantitative estimate of drug-likeness (QED) is 0.461. The smallest absolute Gasteiger partial charge is 0.144 e. The molecule has 12 atom stereocenters. The molecule has 6 fully saturated rings. The molecular formula is C25H34O8S4. The maximum Gasteiger partial charge on any atom is 0.144 e. The van der Waals surface area contributed by atoms with Crippen molar-refractivity contribution in [3.05, 3.63) is 0 Å². The van der Waals surface area contributed by atoms with Crippen molar-refractivity contribution >= 4 is 67.9 Å². The minimum Gasteiger partial charge on any atom is -0.390 e. The van der Waals surface area contributed by atoms with Crippen molar-refractivity contribution in [2.75, 3.05) is 20.3 Å². The summed E-state index contributed by atoms with van der Waals surface area (Å²) in [7, 11) is 1.67. The first kappa shape index (κ1) is 30.9. The van der Waals surface area contributed by atoms with Gasteiger partial charge in [-0.25, -0.2) is 0 Å². The van der Waals surface area contributed by atoms with E-state index in [-0.39, 0.29) is 102 Å². The van der Waals surface area contributed by atoms with Crippen molar-refractivity contribution in [1.82, 2.24) is 0 Å². The van der Waals surface area contributed by atoms with Crippen molar-refractivity contribution in [3.8, 4) is 0 Å². The van der Waals surface area contributed by atoms with Crippen LogP contribution in [0.2, 0.25) is 0 Å². The zero-order valence-electron chi connectivity index (χ0n) is 21.1. The fourth-order valence-electron chi connectivity index (χ4n) is 8.34. The Morgan fingerprint density at radius 1 is 0.649 bits per heavy atom. The highest BCUT2D eigenvalue weighted by Gasteiger charge is 2.66. The van der Waals surface area contributed by atoms with Crippen LogP contribution in [0, 0.1) is 47.3 Å². The number of methoxy groups -OCH3 is 1. The van der Waals surface area contributed by atoms with Gasteiger partial charge < -0.3 is 19.3 Å². The van der Waals surface area contributed by atoms with Crippen LogP contribution < -0.4 is 0 Å². The van der Waals surface area contributed by atoms with Gasteiger partial charge in [-0.3, -0.25) is 19.2 Å². The first-order valence-electron chi connectivity index (χ1n) is 12.7. The SMILES string of the molecule is CCOC1C(O)C2CC1C1C(=O)CC(=O)C21.CCOC1C2CC(C1OC)C1C(=O)CC(=O)C21.S=S.S=S. The molecule has 6 aliphatic rings. The van der Waals surface area contributed by atoms with Crippen molar-refractivity contribution in [3.63, 3.8) is 0 Å². The van der Waals surface area contributed by atoms with Crippen molar-refractivity contribution in [2.45, 2.75) is 63.9 Å². The van der Waals surface area contributed by atoms with E-state index >= 15 is 0 Å². The largest absolute Gasteiger partial charge is 0.390 e. The van der Waals surface area contributed by atoms with Gasteiger partial charge in [-0.05, 0) is 50.4 Å². The van der Waals surface area contributed by atoms with Crippen molar-refractivity contribution < 1.29 is 38.5 Å². The number of ether oxygens (including phenoxy) is 3. The van der Waals surface area contributed by atoms with E-state index in [9.17, 15) is 24.3 Å². The summed E-state index contributed by atoms with van der Waals surface area (Å²) in [6.07, 6.45) is 1.12. The zero-order valence-corrected chi connectivity index (χ0v) is 24.4. The molecule has 1 N–H and O–H groups in total. The highest BCUT2D eigenvalue weighted by atomic mass is 32.8. The lowest BCUT2D eigenvalue weighted by Crippen LogP contribution is -2.45. The van der Waals surface area contributed by atoms with E-state index < -0.39 is 6.10 Å². The monoisotopic (exact) mass is 590 g/mol. The van der Waals surface area contributed by atoms with E-state index in [1.54, 1.807) is 7.11 Å². The number of rotatable bonds is 5. The van der Waals surface area contributed by atoms with Gasteiger partial charge in [0.1, 0.15) is 23.1 Å². The predicted molar refractivity (Wildman–Crippen MR) is 144 cm³/mol. The molecule has 12 heteroatoms. The third-order valence-electron chi connectivity index (χ3n) is 9.25. The lowest BCUT2D eigenvalue weighted by atomic mass is 9.78. The Bertz CT molecular complexity index is 900. The Morgan fingerprint density at radius 3 is 1.43 bits per heavy atom. The normalized spacial score (nSPS) is 43.9. The molecule has 6 rings (SSSR count). The maximum absolute atomic E-state index is 11.9. The number of Topliss-reactive ketones (excluding diaryl/α,β-unsaturated/α-hetero) is 4. The lowest BCUT2D eigenvalue weighted by Gasteiger charge is -2.35. The van der Waals surface area contributed by atoms with E-state index in [1.165, 1.54) is 0 Å². The average molecular weight is 591 g/mol. The number of carbonyl (C=O) groups excluding carboxylic acids is 4. The Balaban J connectivity index is 0.000000182. The number of fused-ring (bicyclic) bond motifs is 10. The van der Waals surface area contributed by atoms with Crippen LogP contribution in [0.15, 0.2) is 0 Å². The molecule has 8 nitrogen and oxygen atoms in total. The molecule has 0 aromatic rings. The Labute approximate surface area is 237 Å². The van der Waals surface area contributed by atoms with Gasteiger partial charge in [-0.1, -0.05) is 0 Å². The van der Waals surface area contributed by atoms with Crippen molar-refractivity contribution in [2.24, 2.45) is 47.3 Å². The van der Waals surface area contributed by atoms with Crippen LogP contribution in [0.3, 0.4) is 0 Å². The van der Waals surface area contributed by atoms with Gasteiger partial charge >= 0.3 is 0 Å². The standard InChI is InChI=1S/C13H18O4.C12H16O4.2S2/c1-3-17-13-7-4-6(12(13)16-2)10-8(14)5-9(15)11(7)10;1-2-16-12-6-3-5(11(12)15)9-7(13)4-8(14)10(6)9;2*1-2/h6-7,10-13H,3-5H2,1-2H3;5-6,9-12,15H,2-4H2,1H3;;. The summed E-state index contributed by atoms with van der Waals surface area (Å²) in [5, 5.41) is 10.1. The minimum atomic E-state index is -0.555. The van der Waals surface area contributed by atoms with E-state index in [0.717, 1.165) is 12.8 Å². The van der Waals surface area contributed by atoms with Crippen LogP contribution >= 0.6 is 0 Å². The number of carbonyl (C=O) groups is 4. The van der Waals surface area contributed by atoms with Gasteiger partial charge in [0.05, 0.1) is 37.3 Å². The lowest BCUT2D eigenvalue weighted by molar-refractivity contribution is -0.137. The fraction of sp³-hybridized carbons (Fsp3) is 0.840. The molecule has 0 aromatic carbocycles. The number of aliphatic hydroxyl groups excluding tert-OH is 1. The summed E-state index contributed by atoms with van der Waals surface area (Å²) in [6, 6.07) is 0. The van der Waals surface area contributed by atoms with Crippen LogP contribution in [-0.4, -0.2) is 73.0 Å². The predicted octanol–water partition coefficient (Wildman–Crippen LogP) is 0.997. The number of hydrogen-bond donors (Lipinski definition) is 1. The number of aliphatic hydroxyl groups is 1. The van der Waals surface area contributed by atoms with Crippen molar-refractivity contribution in [1.29, 1.82) is 0 Å². The van der Waals surface area contributed by atoms with Gasteiger partial charge in [-0.15, -0.1) is 0 Å². The first-order valence-corrected chi connectivity index (χ1v) is 15.4. The Hall–Kier alpha value is -0.600. The molecule has 4 bridgehead atoms. The van der Waals surface area contributed by atoms with Gasteiger partial charge in [0.25, 0.3) is 0 Å². The second-order valence-electron chi connectivity index (χ2n) is 10.5. The van der Waals surface area contributed by atoms with E-state index in [0.29, 0.717) is 13.2 Å².